The number of aliphatic carboxylic acids is 1. The molecule has 0 aliphatic carbocycles. The van der Waals surface area contributed by atoms with Crippen LogP contribution in [-0.4, -0.2) is 44.4 Å². The highest BCUT2D eigenvalue weighted by Crippen LogP contribution is 2.12. The van der Waals surface area contributed by atoms with Crippen LogP contribution in [0.15, 0.2) is 12.4 Å². The van der Waals surface area contributed by atoms with E-state index >= 15 is 0 Å². The lowest BCUT2D eigenvalue weighted by Gasteiger charge is -2.26. The third kappa shape index (κ3) is 4.25. The lowest BCUT2D eigenvalue weighted by molar-refractivity contribution is -0.137. The van der Waals surface area contributed by atoms with Crippen molar-refractivity contribution in [1.29, 1.82) is 0 Å². The second-order valence-corrected chi connectivity index (χ2v) is 4.97. The van der Waals surface area contributed by atoms with Crippen molar-refractivity contribution in [2.45, 2.75) is 46.2 Å². The summed E-state index contributed by atoms with van der Waals surface area (Å²) in [5, 5.41) is 15.7. The molecule has 7 heteroatoms. The van der Waals surface area contributed by atoms with Gasteiger partial charge in [0.1, 0.15) is 0 Å². The van der Waals surface area contributed by atoms with Crippen molar-refractivity contribution in [3.63, 3.8) is 0 Å². The monoisotopic (exact) mass is 282 g/mol. The zero-order chi connectivity index (χ0) is 15.3. The van der Waals surface area contributed by atoms with E-state index in [9.17, 15) is 9.59 Å². The second kappa shape index (κ2) is 6.93. The fourth-order valence-corrected chi connectivity index (χ4v) is 1.90. The number of carbonyl (C=O) groups is 2. The minimum atomic E-state index is -0.920. The van der Waals surface area contributed by atoms with Crippen molar-refractivity contribution < 1.29 is 14.7 Å². The van der Waals surface area contributed by atoms with Gasteiger partial charge >= 0.3 is 12.0 Å². The Bertz CT molecular complexity index is 470. The maximum Gasteiger partial charge on any atom is 0.322 e. The first-order valence-electron chi connectivity index (χ1n) is 6.68. The summed E-state index contributed by atoms with van der Waals surface area (Å²) in [6, 6.07) is -0.462. The van der Waals surface area contributed by atoms with E-state index in [2.05, 4.69) is 10.4 Å². The van der Waals surface area contributed by atoms with Crippen LogP contribution in [0.25, 0.3) is 0 Å². The zero-order valence-corrected chi connectivity index (χ0v) is 12.3. The number of carbonyl (C=O) groups excluding carboxylic acids is 1. The maximum atomic E-state index is 12.1. The molecule has 1 atom stereocenters. The Labute approximate surface area is 118 Å². The molecule has 112 valence electrons. The average molecular weight is 282 g/mol. The molecule has 0 aliphatic heterocycles. The number of urea groups is 1. The number of nitrogens with zero attached hydrogens (tertiary/aromatic N) is 3. The van der Waals surface area contributed by atoms with Gasteiger partial charge in [0, 0.05) is 24.8 Å². The second-order valence-electron chi connectivity index (χ2n) is 4.97. The van der Waals surface area contributed by atoms with Gasteiger partial charge in [0.15, 0.2) is 0 Å². The minimum absolute atomic E-state index is 0.0769. The van der Waals surface area contributed by atoms with Gasteiger partial charge in [-0.1, -0.05) is 0 Å². The van der Waals surface area contributed by atoms with E-state index in [1.807, 2.05) is 20.8 Å². The first-order chi connectivity index (χ1) is 9.35. The molecule has 0 saturated heterocycles. The normalized spacial score (nSPS) is 12.2. The molecule has 1 aromatic heterocycles. The number of anilines is 1. The Kier molecular flexibility index (Phi) is 5.54. The summed E-state index contributed by atoms with van der Waals surface area (Å²) in [5.41, 5.74) is 0.602. The third-order valence-electron chi connectivity index (χ3n) is 2.99. The highest BCUT2D eigenvalue weighted by atomic mass is 16.4. The summed E-state index contributed by atoms with van der Waals surface area (Å²) in [7, 11) is 0. The summed E-state index contributed by atoms with van der Waals surface area (Å²) in [6.45, 7) is 7.96. The number of nitrogens with one attached hydrogen (secondary N) is 1. The highest BCUT2D eigenvalue weighted by Gasteiger charge is 2.21. The van der Waals surface area contributed by atoms with Crippen LogP contribution in [0.4, 0.5) is 10.5 Å². The molecule has 2 N–H and O–H groups in total. The fourth-order valence-electron chi connectivity index (χ4n) is 1.90. The number of carboxylic acids is 1. The largest absolute Gasteiger partial charge is 0.481 e. The van der Waals surface area contributed by atoms with E-state index in [4.69, 9.17) is 5.11 Å². The summed E-state index contributed by atoms with van der Waals surface area (Å²) < 4.78 is 1.74. The minimum Gasteiger partial charge on any atom is -0.481 e. The molecule has 2 amide bonds. The van der Waals surface area contributed by atoms with Crippen LogP contribution < -0.4 is 5.32 Å². The van der Waals surface area contributed by atoms with Crippen molar-refractivity contribution in [2.24, 2.45) is 0 Å². The number of aromatic nitrogens is 2. The van der Waals surface area contributed by atoms with Gasteiger partial charge in [-0.2, -0.15) is 5.10 Å². The van der Waals surface area contributed by atoms with Gasteiger partial charge in [-0.25, -0.2) is 4.79 Å². The van der Waals surface area contributed by atoms with Crippen LogP contribution in [-0.2, 0) is 4.79 Å². The van der Waals surface area contributed by atoms with Crippen LogP contribution in [0.2, 0.25) is 0 Å². The fraction of sp³-hybridized carbons (Fsp3) is 0.615. The van der Waals surface area contributed by atoms with Crippen LogP contribution in [0.3, 0.4) is 0 Å². The predicted octanol–water partition coefficient (Wildman–Crippen LogP) is 2.18. The molecule has 1 heterocycles. The van der Waals surface area contributed by atoms with E-state index < -0.39 is 5.97 Å². The summed E-state index contributed by atoms with van der Waals surface area (Å²) in [4.78, 5) is 24.3. The quantitative estimate of drug-likeness (QED) is 0.837. The van der Waals surface area contributed by atoms with Gasteiger partial charge in [-0.05, 0) is 27.7 Å². The standard InChI is InChI=1S/C13H22N4O3/c1-5-16(10(4)6-12(18)19)13(20)15-11-7-14-17(8-11)9(2)3/h7-10H,5-6H2,1-4H3,(H,15,20)(H,18,19). The van der Waals surface area contributed by atoms with Crippen LogP contribution in [0.1, 0.15) is 40.2 Å². The van der Waals surface area contributed by atoms with Gasteiger partial charge < -0.3 is 15.3 Å². The van der Waals surface area contributed by atoms with Crippen molar-refractivity contribution >= 4 is 17.7 Å². The van der Waals surface area contributed by atoms with Crippen LogP contribution in [0, 0.1) is 0 Å². The van der Waals surface area contributed by atoms with Crippen LogP contribution in [0.5, 0.6) is 0 Å². The van der Waals surface area contributed by atoms with Gasteiger partial charge in [0.05, 0.1) is 18.3 Å². The predicted molar refractivity (Wildman–Crippen MR) is 75.7 cm³/mol. The van der Waals surface area contributed by atoms with Crippen molar-refractivity contribution in [3.8, 4) is 0 Å². The van der Waals surface area contributed by atoms with Gasteiger partial charge in [0.25, 0.3) is 0 Å². The smallest absolute Gasteiger partial charge is 0.322 e. The van der Waals surface area contributed by atoms with Gasteiger partial charge in [0.2, 0.25) is 0 Å². The highest BCUT2D eigenvalue weighted by molar-refractivity contribution is 5.89. The molecule has 0 saturated carbocycles. The Hall–Kier alpha value is -2.05. The Morgan fingerprint density at radius 2 is 2.10 bits per heavy atom. The molecular formula is C13H22N4O3. The van der Waals surface area contributed by atoms with Crippen molar-refractivity contribution in [1.82, 2.24) is 14.7 Å². The molecule has 1 rings (SSSR count). The van der Waals surface area contributed by atoms with E-state index in [-0.39, 0.29) is 24.5 Å². The lowest BCUT2D eigenvalue weighted by atomic mass is 10.2. The summed E-state index contributed by atoms with van der Waals surface area (Å²) >= 11 is 0. The number of amides is 2. The summed E-state index contributed by atoms with van der Waals surface area (Å²) in [5.74, 6) is -0.920. The molecule has 0 fully saturated rings. The van der Waals surface area contributed by atoms with Crippen molar-refractivity contribution in [3.05, 3.63) is 12.4 Å². The molecule has 0 aliphatic rings. The van der Waals surface area contributed by atoms with E-state index in [0.717, 1.165) is 0 Å². The van der Waals surface area contributed by atoms with E-state index in [1.165, 1.54) is 4.90 Å². The van der Waals surface area contributed by atoms with Crippen molar-refractivity contribution in [2.75, 3.05) is 11.9 Å². The molecular weight excluding hydrogens is 260 g/mol. The Morgan fingerprint density at radius 3 is 2.55 bits per heavy atom. The topological polar surface area (TPSA) is 87.5 Å². The van der Waals surface area contributed by atoms with Gasteiger partial charge in [-0.15, -0.1) is 0 Å². The zero-order valence-electron chi connectivity index (χ0n) is 12.3. The molecule has 0 bridgehead atoms. The third-order valence-corrected chi connectivity index (χ3v) is 2.99. The molecule has 20 heavy (non-hydrogen) atoms. The summed E-state index contributed by atoms with van der Waals surface area (Å²) in [6.07, 6.45) is 3.25. The molecule has 0 aromatic carbocycles. The Morgan fingerprint density at radius 1 is 1.45 bits per heavy atom. The molecule has 1 unspecified atom stereocenters. The number of carboxylic acid groups (broad SMARTS) is 1. The number of rotatable bonds is 6. The number of hydrogen-bond acceptors (Lipinski definition) is 3. The number of hydrogen-bond donors (Lipinski definition) is 2. The molecule has 7 nitrogen and oxygen atoms in total. The first-order valence-corrected chi connectivity index (χ1v) is 6.68. The van der Waals surface area contributed by atoms with E-state index in [1.54, 1.807) is 24.0 Å². The lowest BCUT2D eigenvalue weighted by Crippen LogP contribution is -2.42. The average Bonchev–Trinajstić information content (AvgIpc) is 2.77. The molecule has 0 spiro atoms. The molecule has 0 radical (unpaired) electrons. The Balaban J connectivity index is 2.69. The maximum absolute atomic E-state index is 12.1. The molecule has 1 aromatic rings. The SMILES string of the molecule is CCN(C(=O)Nc1cnn(C(C)C)c1)C(C)CC(=O)O. The van der Waals surface area contributed by atoms with E-state index in [0.29, 0.717) is 12.2 Å². The van der Waals surface area contributed by atoms with Crippen LogP contribution >= 0.6 is 0 Å². The van der Waals surface area contributed by atoms with Gasteiger partial charge in [-0.3, -0.25) is 9.48 Å². The first kappa shape index (κ1) is 16.0.